The molecule has 0 aliphatic carbocycles. The zero-order valence-corrected chi connectivity index (χ0v) is 12.2. The van der Waals surface area contributed by atoms with Crippen LogP contribution in [-0.4, -0.2) is 22.0 Å². The van der Waals surface area contributed by atoms with Crippen LogP contribution in [0.4, 0.5) is 15.8 Å². The minimum Gasteiger partial charge on any atom is -0.478 e. The molecule has 0 saturated heterocycles. The van der Waals surface area contributed by atoms with Crippen LogP contribution in [-0.2, 0) is 0 Å². The van der Waals surface area contributed by atoms with Gasteiger partial charge >= 0.3 is 5.97 Å². The quantitative estimate of drug-likeness (QED) is 0.592. The van der Waals surface area contributed by atoms with Crippen LogP contribution in [0.3, 0.4) is 0 Å². The minimum atomic E-state index is -1.53. The van der Waals surface area contributed by atoms with Crippen molar-refractivity contribution < 1.29 is 19.2 Å². The topological polar surface area (TPSA) is 92.5 Å². The lowest BCUT2D eigenvalue weighted by molar-refractivity contribution is -0.384. The number of nitro groups is 1. The Bertz CT molecular complexity index is 548. The van der Waals surface area contributed by atoms with Crippen molar-refractivity contribution in [2.75, 3.05) is 5.32 Å². The van der Waals surface area contributed by atoms with E-state index >= 15 is 0 Å². The zero-order valence-electron chi connectivity index (χ0n) is 12.2. The Morgan fingerprint density at radius 2 is 2.10 bits per heavy atom. The Kier molecular flexibility index (Phi) is 5.63. The van der Waals surface area contributed by atoms with Gasteiger partial charge in [0, 0.05) is 18.2 Å². The number of anilines is 1. The van der Waals surface area contributed by atoms with Crippen LogP contribution in [0, 0.1) is 21.8 Å². The third kappa shape index (κ3) is 4.40. The number of benzene rings is 1. The van der Waals surface area contributed by atoms with Gasteiger partial charge in [-0.25, -0.2) is 9.18 Å². The number of hydrogen-bond donors (Lipinski definition) is 2. The highest BCUT2D eigenvalue weighted by Crippen LogP contribution is 2.29. The van der Waals surface area contributed by atoms with Crippen LogP contribution in [0.2, 0.25) is 0 Å². The fourth-order valence-corrected chi connectivity index (χ4v) is 2.09. The number of hydrogen-bond acceptors (Lipinski definition) is 4. The predicted molar refractivity (Wildman–Crippen MR) is 77.2 cm³/mol. The highest BCUT2D eigenvalue weighted by Gasteiger charge is 2.23. The molecule has 116 valence electrons. The van der Waals surface area contributed by atoms with Crippen LogP contribution in [0.15, 0.2) is 12.1 Å². The average Bonchev–Trinajstić information content (AvgIpc) is 2.37. The molecule has 7 heteroatoms. The molecule has 21 heavy (non-hydrogen) atoms. The Morgan fingerprint density at radius 3 is 2.57 bits per heavy atom. The first kappa shape index (κ1) is 16.9. The van der Waals surface area contributed by atoms with Crippen molar-refractivity contribution in [3.8, 4) is 0 Å². The highest BCUT2D eigenvalue weighted by molar-refractivity contribution is 5.90. The van der Waals surface area contributed by atoms with E-state index in [1.807, 2.05) is 13.8 Å². The van der Waals surface area contributed by atoms with Crippen molar-refractivity contribution in [3.05, 3.63) is 33.6 Å². The summed E-state index contributed by atoms with van der Waals surface area (Å²) in [5.74, 6) is -2.10. The van der Waals surface area contributed by atoms with Gasteiger partial charge in [-0.05, 0) is 19.3 Å². The first-order chi connectivity index (χ1) is 9.76. The monoisotopic (exact) mass is 298 g/mol. The smallest absolute Gasteiger partial charge is 0.338 e. The summed E-state index contributed by atoms with van der Waals surface area (Å²) in [4.78, 5) is 21.1. The third-order valence-corrected chi connectivity index (χ3v) is 3.37. The van der Waals surface area contributed by atoms with Gasteiger partial charge in [-0.15, -0.1) is 0 Å². The molecule has 1 rings (SSSR count). The maximum Gasteiger partial charge on any atom is 0.338 e. The number of carboxylic acids is 1. The van der Waals surface area contributed by atoms with Gasteiger partial charge < -0.3 is 10.4 Å². The number of nitro benzene ring substituents is 1. The van der Waals surface area contributed by atoms with E-state index < -0.39 is 28.0 Å². The van der Waals surface area contributed by atoms with Crippen molar-refractivity contribution in [1.82, 2.24) is 0 Å². The SMILES string of the molecule is CCC(C)CC(C)Nc1cc(F)c(C(=O)O)cc1[N+](=O)[O-]. The van der Waals surface area contributed by atoms with Gasteiger partial charge in [-0.2, -0.15) is 0 Å². The van der Waals surface area contributed by atoms with Gasteiger partial charge in [0.1, 0.15) is 17.1 Å². The summed E-state index contributed by atoms with van der Waals surface area (Å²) >= 11 is 0. The van der Waals surface area contributed by atoms with Crippen molar-refractivity contribution in [1.29, 1.82) is 0 Å². The maximum absolute atomic E-state index is 13.7. The van der Waals surface area contributed by atoms with Gasteiger partial charge in [0.2, 0.25) is 0 Å². The predicted octanol–water partition coefficient (Wildman–Crippen LogP) is 3.67. The molecule has 1 aromatic rings. The number of halogens is 1. The minimum absolute atomic E-state index is 0.00157. The summed E-state index contributed by atoms with van der Waals surface area (Å²) in [5, 5.41) is 22.7. The Morgan fingerprint density at radius 1 is 1.48 bits per heavy atom. The summed E-state index contributed by atoms with van der Waals surface area (Å²) in [5.41, 5.74) is -1.15. The van der Waals surface area contributed by atoms with Crippen LogP contribution in [0.1, 0.15) is 44.0 Å². The number of aromatic carboxylic acids is 1. The summed E-state index contributed by atoms with van der Waals surface area (Å²) in [6.45, 7) is 5.95. The van der Waals surface area contributed by atoms with Gasteiger partial charge in [-0.1, -0.05) is 20.3 Å². The second-order valence-corrected chi connectivity index (χ2v) is 5.21. The molecule has 0 bridgehead atoms. The molecule has 0 aliphatic heterocycles. The first-order valence-electron chi connectivity index (χ1n) is 6.74. The number of rotatable bonds is 7. The first-order valence-corrected chi connectivity index (χ1v) is 6.74. The summed E-state index contributed by atoms with van der Waals surface area (Å²) in [7, 11) is 0. The third-order valence-electron chi connectivity index (χ3n) is 3.37. The fourth-order valence-electron chi connectivity index (χ4n) is 2.09. The molecule has 0 amide bonds. The second kappa shape index (κ2) is 7.01. The standard InChI is InChI=1S/C14H19FN2O4/c1-4-8(2)5-9(3)16-12-7-11(15)10(14(18)19)6-13(12)17(20)21/h6-9,16H,4-5H2,1-3H3,(H,18,19). The van der Waals surface area contributed by atoms with E-state index in [9.17, 15) is 19.3 Å². The Hall–Kier alpha value is -2.18. The lowest BCUT2D eigenvalue weighted by Gasteiger charge is -2.18. The molecule has 0 spiro atoms. The average molecular weight is 298 g/mol. The number of nitrogens with zero attached hydrogens (tertiary/aromatic N) is 1. The van der Waals surface area contributed by atoms with Crippen LogP contribution >= 0.6 is 0 Å². The van der Waals surface area contributed by atoms with Gasteiger partial charge in [0.15, 0.2) is 0 Å². The molecule has 0 saturated carbocycles. The maximum atomic E-state index is 13.7. The molecule has 0 aromatic heterocycles. The molecule has 0 heterocycles. The normalized spacial score (nSPS) is 13.5. The van der Waals surface area contributed by atoms with Gasteiger partial charge in [0.25, 0.3) is 5.69 Å². The Balaban J connectivity index is 3.08. The second-order valence-electron chi connectivity index (χ2n) is 5.21. The highest BCUT2D eigenvalue weighted by atomic mass is 19.1. The van der Waals surface area contributed by atoms with Crippen molar-refractivity contribution >= 4 is 17.3 Å². The Labute approximate surface area is 122 Å². The summed E-state index contributed by atoms with van der Waals surface area (Å²) in [6.07, 6.45) is 1.75. The molecule has 0 radical (unpaired) electrons. The van der Waals surface area contributed by atoms with Crippen molar-refractivity contribution in [3.63, 3.8) is 0 Å². The summed E-state index contributed by atoms with van der Waals surface area (Å²) < 4.78 is 13.7. The van der Waals surface area contributed by atoms with E-state index in [1.165, 1.54) is 0 Å². The molecule has 0 aliphatic rings. The molecule has 2 N–H and O–H groups in total. The van der Waals surface area contributed by atoms with Crippen LogP contribution in [0.25, 0.3) is 0 Å². The van der Waals surface area contributed by atoms with E-state index in [-0.39, 0.29) is 11.7 Å². The van der Waals surface area contributed by atoms with Crippen LogP contribution in [0.5, 0.6) is 0 Å². The lowest BCUT2D eigenvalue weighted by atomic mass is 10.00. The molecule has 1 aromatic carbocycles. The van der Waals surface area contributed by atoms with Crippen LogP contribution < -0.4 is 5.32 Å². The molecular formula is C14H19FN2O4. The zero-order chi connectivity index (χ0) is 16.2. The van der Waals surface area contributed by atoms with E-state index in [1.54, 1.807) is 0 Å². The molecule has 2 unspecified atom stereocenters. The van der Waals surface area contributed by atoms with E-state index in [4.69, 9.17) is 5.11 Å². The number of nitrogens with one attached hydrogen (secondary N) is 1. The van der Waals surface area contributed by atoms with Gasteiger partial charge in [-0.3, -0.25) is 10.1 Å². The number of carbonyl (C=O) groups is 1. The fraction of sp³-hybridized carbons (Fsp3) is 0.500. The molecule has 6 nitrogen and oxygen atoms in total. The van der Waals surface area contributed by atoms with Crippen molar-refractivity contribution in [2.45, 2.75) is 39.7 Å². The number of carboxylic acid groups (broad SMARTS) is 1. The lowest BCUT2D eigenvalue weighted by Crippen LogP contribution is -2.19. The largest absolute Gasteiger partial charge is 0.478 e. The van der Waals surface area contributed by atoms with E-state index in [0.29, 0.717) is 5.92 Å². The molecular weight excluding hydrogens is 279 g/mol. The molecule has 2 atom stereocenters. The summed E-state index contributed by atoms with van der Waals surface area (Å²) in [6, 6.07) is 1.53. The van der Waals surface area contributed by atoms with E-state index in [2.05, 4.69) is 12.2 Å². The molecule has 0 fully saturated rings. The van der Waals surface area contributed by atoms with Crippen molar-refractivity contribution in [2.24, 2.45) is 5.92 Å². The van der Waals surface area contributed by atoms with Gasteiger partial charge in [0.05, 0.1) is 4.92 Å². The van der Waals surface area contributed by atoms with E-state index in [0.717, 1.165) is 25.0 Å².